The molecule has 0 atom stereocenters. The van der Waals surface area contributed by atoms with Gasteiger partial charge in [-0.2, -0.15) is 9.61 Å². The first kappa shape index (κ1) is 21.5. The summed E-state index contributed by atoms with van der Waals surface area (Å²) in [7, 11) is 0. The lowest BCUT2D eigenvalue weighted by Gasteiger charge is -2.32. The fourth-order valence-corrected chi connectivity index (χ4v) is 4.52. The van der Waals surface area contributed by atoms with Crippen LogP contribution in [0.25, 0.3) is 28.2 Å². The third-order valence-electron chi connectivity index (χ3n) is 6.04. The maximum Gasteiger partial charge on any atom is 0.309 e. The number of hydrogen-bond donors (Lipinski definition) is 0. The average Bonchev–Trinajstić information content (AvgIpc) is 3.29. The highest BCUT2D eigenvalue weighted by molar-refractivity contribution is 6.30. The smallest absolute Gasteiger partial charge is 0.309 e. The second-order valence-electron chi connectivity index (χ2n) is 8.19. The van der Waals surface area contributed by atoms with Gasteiger partial charge in [0, 0.05) is 41.4 Å². The number of fused-ring (bicyclic) bond motifs is 1. The maximum absolute atomic E-state index is 12.2. The van der Waals surface area contributed by atoms with E-state index in [0.29, 0.717) is 11.6 Å². The van der Waals surface area contributed by atoms with Gasteiger partial charge in [0.1, 0.15) is 5.82 Å². The number of carbonyl (C=O) groups excluding carboxylic acids is 1. The lowest BCUT2D eigenvalue weighted by Crippen LogP contribution is -2.38. The van der Waals surface area contributed by atoms with Crippen LogP contribution in [0.3, 0.4) is 0 Å². The van der Waals surface area contributed by atoms with Crippen LogP contribution < -0.4 is 4.90 Å². The van der Waals surface area contributed by atoms with Crippen LogP contribution >= 0.6 is 11.6 Å². The summed E-state index contributed by atoms with van der Waals surface area (Å²) < 4.78 is 7.13. The van der Waals surface area contributed by atoms with Gasteiger partial charge in [0.2, 0.25) is 0 Å². The van der Waals surface area contributed by atoms with Crippen molar-refractivity contribution in [3.63, 3.8) is 0 Å². The number of carbonyl (C=O) groups is 1. The van der Waals surface area contributed by atoms with Crippen molar-refractivity contribution in [3.05, 3.63) is 71.8 Å². The predicted molar refractivity (Wildman–Crippen MR) is 130 cm³/mol. The van der Waals surface area contributed by atoms with Gasteiger partial charge in [-0.25, -0.2) is 4.98 Å². The number of benzene rings is 2. The van der Waals surface area contributed by atoms with Crippen LogP contribution in [-0.2, 0) is 9.53 Å². The summed E-state index contributed by atoms with van der Waals surface area (Å²) in [5, 5.41) is 5.55. The monoisotopic (exact) mass is 460 g/mol. The molecule has 0 aliphatic carbocycles. The van der Waals surface area contributed by atoms with Gasteiger partial charge in [0.15, 0.2) is 5.65 Å². The molecule has 7 heteroatoms. The van der Waals surface area contributed by atoms with Crippen LogP contribution in [0, 0.1) is 5.92 Å². The molecule has 6 nitrogen and oxygen atoms in total. The van der Waals surface area contributed by atoms with E-state index in [-0.39, 0.29) is 11.9 Å². The summed E-state index contributed by atoms with van der Waals surface area (Å²) >= 11 is 6.22. The van der Waals surface area contributed by atoms with E-state index in [1.54, 1.807) is 0 Å². The third kappa shape index (κ3) is 4.44. The minimum atomic E-state index is -0.0932. The highest BCUT2D eigenvalue weighted by atomic mass is 35.5. The maximum atomic E-state index is 12.2. The Morgan fingerprint density at radius 1 is 1.00 bits per heavy atom. The minimum absolute atomic E-state index is 0.0493. The molecule has 0 N–H and O–H groups in total. The quantitative estimate of drug-likeness (QED) is 0.368. The van der Waals surface area contributed by atoms with Crippen LogP contribution in [0.4, 0.5) is 5.82 Å². The van der Waals surface area contributed by atoms with Crippen LogP contribution in [0.5, 0.6) is 0 Å². The van der Waals surface area contributed by atoms with Gasteiger partial charge in [0.25, 0.3) is 0 Å². The minimum Gasteiger partial charge on any atom is -0.466 e. The Hall–Kier alpha value is -3.38. The normalized spacial score (nSPS) is 14.5. The summed E-state index contributed by atoms with van der Waals surface area (Å²) in [5.41, 5.74) is 4.48. The van der Waals surface area contributed by atoms with E-state index in [1.807, 2.05) is 60.0 Å². The Labute approximate surface area is 197 Å². The van der Waals surface area contributed by atoms with Crippen LogP contribution in [-0.4, -0.2) is 40.3 Å². The average molecular weight is 461 g/mol. The predicted octanol–water partition coefficient (Wildman–Crippen LogP) is 5.50. The van der Waals surface area contributed by atoms with Gasteiger partial charge in [-0.05, 0) is 31.9 Å². The molecule has 0 bridgehead atoms. The first-order chi connectivity index (χ1) is 16.1. The number of ether oxygens (including phenoxy) is 1. The van der Waals surface area contributed by atoms with Gasteiger partial charge in [-0.15, -0.1) is 0 Å². The van der Waals surface area contributed by atoms with E-state index < -0.39 is 0 Å². The van der Waals surface area contributed by atoms with Crippen molar-refractivity contribution >= 4 is 29.0 Å². The van der Waals surface area contributed by atoms with E-state index in [2.05, 4.69) is 23.1 Å². The zero-order valence-corrected chi connectivity index (χ0v) is 19.2. The molecule has 168 valence electrons. The summed E-state index contributed by atoms with van der Waals surface area (Å²) in [6.45, 7) is 3.78. The number of nitrogens with zero attached hydrogens (tertiary/aromatic N) is 4. The first-order valence-electron chi connectivity index (χ1n) is 11.3. The van der Waals surface area contributed by atoms with Crippen molar-refractivity contribution in [3.8, 4) is 22.5 Å². The van der Waals surface area contributed by atoms with Crippen molar-refractivity contribution in [2.24, 2.45) is 5.92 Å². The topological polar surface area (TPSA) is 59.7 Å². The number of anilines is 1. The van der Waals surface area contributed by atoms with E-state index >= 15 is 0 Å². The molecule has 0 amide bonds. The first-order valence-corrected chi connectivity index (χ1v) is 11.6. The van der Waals surface area contributed by atoms with Crippen molar-refractivity contribution < 1.29 is 9.53 Å². The number of piperidine rings is 1. The molecule has 0 unspecified atom stereocenters. The highest BCUT2D eigenvalue weighted by Crippen LogP contribution is 2.31. The van der Waals surface area contributed by atoms with E-state index in [9.17, 15) is 4.79 Å². The molecular weight excluding hydrogens is 436 g/mol. The lowest BCUT2D eigenvalue weighted by molar-refractivity contribution is -0.148. The molecule has 1 saturated heterocycles. The Morgan fingerprint density at radius 3 is 2.48 bits per heavy atom. The second kappa shape index (κ2) is 9.24. The molecule has 33 heavy (non-hydrogen) atoms. The number of halogens is 1. The van der Waals surface area contributed by atoms with Gasteiger partial charge in [-0.3, -0.25) is 4.79 Å². The van der Waals surface area contributed by atoms with Crippen molar-refractivity contribution in [1.29, 1.82) is 0 Å². The molecule has 2 aromatic carbocycles. The summed E-state index contributed by atoms with van der Waals surface area (Å²) in [6.07, 6.45) is 1.51. The fraction of sp³-hybridized carbons (Fsp3) is 0.269. The van der Waals surface area contributed by atoms with Gasteiger partial charge < -0.3 is 9.64 Å². The van der Waals surface area contributed by atoms with Crippen molar-refractivity contribution in [2.75, 3.05) is 24.6 Å². The van der Waals surface area contributed by atoms with Crippen molar-refractivity contribution in [1.82, 2.24) is 14.6 Å². The zero-order chi connectivity index (χ0) is 22.8. The SMILES string of the molecule is CCOC(=O)C1CCN(c2cc(-c3ccccc3)nc3cc(-c4cccc(Cl)c4)nn23)CC1. The molecule has 5 rings (SSSR count). The molecule has 0 radical (unpaired) electrons. The molecule has 0 saturated carbocycles. The van der Waals surface area contributed by atoms with Crippen LogP contribution in [0.2, 0.25) is 5.02 Å². The van der Waals surface area contributed by atoms with E-state index in [1.165, 1.54) is 0 Å². The molecule has 3 heterocycles. The summed E-state index contributed by atoms with van der Waals surface area (Å²) in [4.78, 5) is 19.4. The number of rotatable bonds is 5. The fourth-order valence-electron chi connectivity index (χ4n) is 4.33. The van der Waals surface area contributed by atoms with E-state index in [0.717, 1.165) is 59.9 Å². The Morgan fingerprint density at radius 2 is 1.76 bits per heavy atom. The Bertz CT molecular complexity index is 1280. The number of hydrogen-bond acceptors (Lipinski definition) is 5. The summed E-state index contributed by atoms with van der Waals surface area (Å²) in [6, 6.07) is 21.9. The lowest BCUT2D eigenvalue weighted by atomic mass is 9.97. The Kier molecular flexibility index (Phi) is 6.01. The second-order valence-corrected chi connectivity index (χ2v) is 8.63. The molecule has 4 aromatic rings. The molecule has 1 aliphatic heterocycles. The van der Waals surface area contributed by atoms with Crippen LogP contribution in [0.15, 0.2) is 66.7 Å². The van der Waals surface area contributed by atoms with Gasteiger partial charge in [0.05, 0.1) is 23.9 Å². The van der Waals surface area contributed by atoms with Crippen molar-refractivity contribution in [2.45, 2.75) is 19.8 Å². The molecule has 1 aliphatic rings. The van der Waals surface area contributed by atoms with E-state index in [4.69, 9.17) is 26.4 Å². The third-order valence-corrected chi connectivity index (χ3v) is 6.27. The Balaban J connectivity index is 1.55. The largest absolute Gasteiger partial charge is 0.466 e. The zero-order valence-electron chi connectivity index (χ0n) is 18.4. The molecule has 2 aromatic heterocycles. The molecule has 0 spiro atoms. The number of aromatic nitrogens is 3. The highest BCUT2D eigenvalue weighted by Gasteiger charge is 2.28. The standard InChI is InChI=1S/C26H25ClN4O2/c1-2-33-26(32)19-11-13-30(14-12-19)25-17-22(18-7-4-3-5-8-18)28-24-16-23(29-31(24)25)20-9-6-10-21(27)15-20/h3-10,15-17,19H,2,11-14H2,1H3. The summed E-state index contributed by atoms with van der Waals surface area (Å²) in [5.74, 6) is 0.825. The van der Waals surface area contributed by atoms with Gasteiger partial charge in [-0.1, -0.05) is 54.1 Å². The number of esters is 1. The van der Waals surface area contributed by atoms with Crippen LogP contribution in [0.1, 0.15) is 19.8 Å². The van der Waals surface area contributed by atoms with Gasteiger partial charge >= 0.3 is 5.97 Å². The molecule has 1 fully saturated rings. The molecular formula is C26H25ClN4O2.